The van der Waals surface area contributed by atoms with Crippen molar-refractivity contribution < 1.29 is 9.59 Å². The van der Waals surface area contributed by atoms with Crippen molar-refractivity contribution >= 4 is 33.8 Å². The number of Topliss-reactive ketones (excluding diaryl/α,β-unsaturated/α-hetero) is 1. The zero-order chi connectivity index (χ0) is 15.0. The smallest absolute Gasteiger partial charge is 0.236 e. The maximum atomic E-state index is 12.5. The van der Waals surface area contributed by atoms with E-state index in [4.69, 9.17) is 5.73 Å². The molecule has 1 heterocycles. The number of carbonyl (C=O) groups excluding carboxylic acids is 2. The first-order valence-corrected chi connectivity index (χ1v) is 7.53. The van der Waals surface area contributed by atoms with Gasteiger partial charge in [-0.15, -0.1) is 11.3 Å². The molecule has 1 aliphatic rings. The second-order valence-corrected chi connectivity index (χ2v) is 6.11. The normalized spacial score (nSPS) is 15.5. The van der Waals surface area contributed by atoms with E-state index in [9.17, 15) is 9.59 Å². The van der Waals surface area contributed by atoms with E-state index in [1.807, 2.05) is 12.1 Å². The summed E-state index contributed by atoms with van der Waals surface area (Å²) in [6.45, 7) is 1.46. The van der Waals surface area contributed by atoms with Crippen LogP contribution >= 0.6 is 11.3 Å². The van der Waals surface area contributed by atoms with Gasteiger partial charge in [-0.1, -0.05) is 12.1 Å². The van der Waals surface area contributed by atoms with Crippen LogP contribution in [0.3, 0.4) is 0 Å². The van der Waals surface area contributed by atoms with Crippen molar-refractivity contribution in [1.29, 1.82) is 0 Å². The highest BCUT2D eigenvalue weighted by Gasteiger charge is 2.51. The molecule has 0 aliphatic heterocycles. The number of hydrogen-bond donors (Lipinski definition) is 2. The third kappa shape index (κ3) is 2.54. The number of hydrogen-bond acceptors (Lipinski definition) is 5. The van der Waals surface area contributed by atoms with Crippen LogP contribution < -0.4 is 11.1 Å². The first kappa shape index (κ1) is 13.8. The zero-order valence-electron chi connectivity index (χ0n) is 11.6. The number of benzene rings is 1. The van der Waals surface area contributed by atoms with Crippen LogP contribution in [0.1, 0.15) is 35.8 Å². The molecule has 1 aromatic carbocycles. The molecule has 108 valence electrons. The highest BCUT2D eigenvalue weighted by Crippen LogP contribution is 2.49. The second-order valence-electron chi connectivity index (χ2n) is 5.25. The lowest BCUT2D eigenvalue weighted by Gasteiger charge is -2.14. The summed E-state index contributed by atoms with van der Waals surface area (Å²) < 4.78 is 0. The van der Waals surface area contributed by atoms with Crippen LogP contribution in [0.5, 0.6) is 0 Å². The Morgan fingerprint density at radius 2 is 1.95 bits per heavy atom. The molecule has 6 heteroatoms. The number of rotatable bonds is 4. The van der Waals surface area contributed by atoms with E-state index in [1.54, 1.807) is 17.5 Å². The van der Waals surface area contributed by atoms with Gasteiger partial charge >= 0.3 is 0 Å². The summed E-state index contributed by atoms with van der Waals surface area (Å²) in [4.78, 5) is 27.8. The zero-order valence-corrected chi connectivity index (χ0v) is 12.4. The monoisotopic (exact) mass is 301 g/mol. The topological polar surface area (TPSA) is 85.1 Å². The van der Waals surface area contributed by atoms with E-state index in [0.717, 1.165) is 18.4 Å². The van der Waals surface area contributed by atoms with Crippen molar-refractivity contribution in [3.05, 3.63) is 40.9 Å². The van der Waals surface area contributed by atoms with Gasteiger partial charge in [0.2, 0.25) is 5.91 Å². The Labute approximate surface area is 126 Å². The Morgan fingerprint density at radius 1 is 1.29 bits per heavy atom. The minimum atomic E-state index is -0.476. The first-order valence-electron chi connectivity index (χ1n) is 6.65. The number of nitrogens with one attached hydrogen (secondary N) is 1. The van der Waals surface area contributed by atoms with E-state index < -0.39 is 5.41 Å². The van der Waals surface area contributed by atoms with Crippen molar-refractivity contribution in [2.75, 3.05) is 11.1 Å². The van der Waals surface area contributed by atoms with Gasteiger partial charge in [0.25, 0.3) is 0 Å². The quantitative estimate of drug-likeness (QED) is 0.671. The molecular formula is C15H15N3O2S. The Morgan fingerprint density at radius 3 is 2.48 bits per heavy atom. The fourth-order valence-electron chi connectivity index (χ4n) is 2.28. The summed E-state index contributed by atoms with van der Waals surface area (Å²) in [6.07, 6.45) is 1.63. The maximum Gasteiger partial charge on any atom is 0.236 e. The van der Waals surface area contributed by atoms with Crippen molar-refractivity contribution in [2.45, 2.75) is 25.2 Å². The van der Waals surface area contributed by atoms with Gasteiger partial charge in [0.05, 0.1) is 5.41 Å². The van der Waals surface area contributed by atoms with Gasteiger partial charge in [-0.3, -0.25) is 9.59 Å². The average molecular weight is 301 g/mol. The van der Waals surface area contributed by atoms with Crippen LogP contribution in [0.2, 0.25) is 0 Å². The fourth-order valence-corrected chi connectivity index (χ4v) is 3.03. The van der Waals surface area contributed by atoms with Gasteiger partial charge in [0, 0.05) is 18.0 Å². The summed E-state index contributed by atoms with van der Waals surface area (Å²) >= 11 is 1.26. The maximum absolute atomic E-state index is 12.5. The number of carbonyl (C=O) groups is 2. The van der Waals surface area contributed by atoms with E-state index in [1.165, 1.54) is 18.3 Å². The van der Waals surface area contributed by atoms with Crippen LogP contribution in [0.25, 0.3) is 0 Å². The molecule has 5 nitrogen and oxygen atoms in total. The second kappa shape index (κ2) is 4.96. The molecule has 21 heavy (non-hydrogen) atoms. The molecule has 0 saturated heterocycles. The minimum Gasteiger partial charge on any atom is -0.399 e. The molecule has 0 atom stereocenters. The summed E-state index contributed by atoms with van der Waals surface area (Å²) in [6, 6.07) is 7.40. The van der Waals surface area contributed by atoms with Gasteiger partial charge in [0.15, 0.2) is 10.9 Å². The molecule has 1 saturated carbocycles. The predicted octanol–water partition coefficient (Wildman–Crippen LogP) is 2.60. The number of aromatic nitrogens is 1. The van der Waals surface area contributed by atoms with Crippen molar-refractivity contribution in [3.8, 4) is 0 Å². The number of amides is 1. The van der Waals surface area contributed by atoms with Crippen molar-refractivity contribution in [1.82, 2.24) is 4.98 Å². The van der Waals surface area contributed by atoms with Gasteiger partial charge < -0.3 is 11.1 Å². The number of nitrogens with zero attached hydrogens (tertiary/aromatic N) is 1. The van der Waals surface area contributed by atoms with Gasteiger partial charge in [-0.2, -0.15) is 0 Å². The molecule has 0 unspecified atom stereocenters. The molecule has 3 rings (SSSR count). The molecule has 1 fully saturated rings. The summed E-state index contributed by atoms with van der Waals surface area (Å²) in [5.74, 6) is -0.178. The highest BCUT2D eigenvalue weighted by molar-refractivity contribution is 7.14. The van der Waals surface area contributed by atoms with Crippen LogP contribution in [-0.2, 0) is 10.2 Å². The number of ketones is 1. The molecule has 0 bridgehead atoms. The third-order valence-corrected chi connectivity index (χ3v) is 4.49. The predicted molar refractivity (Wildman–Crippen MR) is 82.5 cm³/mol. The Bertz CT molecular complexity index is 702. The van der Waals surface area contributed by atoms with Crippen LogP contribution in [0, 0.1) is 0 Å². The summed E-state index contributed by atoms with van der Waals surface area (Å²) in [5.41, 5.74) is 7.24. The molecule has 0 radical (unpaired) electrons. The largest absolute Gasteiger partial charge is 0.399 e. The Kier molecular flexibility index (Phi) is 3.25. The van der Waals surface area contributed by atoms with E-state index in [0.29, 0.717) is 16.5 Å². The van der Waals surface area contributed by atoms with Crippen molar-refractivity contribution in [2.24, 2.45) is 0 Å². The minimum absolute atomic E-state index is 0.0725. The molecular weight excluding hydrogens is 286 g/mol. The lowest BCUT2D eigenvalue weighted by atomic mass is 9.95. The molecule has 1 aromatic heterocycles. The van der Waals surface area contributed by atoms with Crippen LogP contribution in [0.15, 0.2) is 29.6 Å². The standard InChI is InChI=1S/C15H15N3O2S/c1-9(19)12-8-21-14(17-12)18-13(20)15(6-7-15)10-2-4-11(16)5-3-10/h2-5,8H,6-7,16H2,1H3,(H,17,18,20). The first-order chi connectivity index (χ1) is 10.0. The number of nitrogen functional groups attached to an aromatic ring is 1. The van der Waals surface area contributed by atoms with Crippen LogP contribution in [-0.4, -0.2) is 16.7 Å². The lowest BCUT2D eigenvalue weighted by molar-refractivity contribution is -0.118. The lowest BCUT2D eigenvalue weighted by Crippen LogP contribution is -2.27. The number of thiazole rings is 1. The summed E-state index contributed by atoms with van der Waals surface area (Å²) in [7, 11) is 0. The number of nitrogens with two attached hydrogens (primary N) is 1. The van der Waals surface area contributed by atoms with E-state index in [-0.39, 0.29) is 11.7 Å². The van der Waals surface area contributed by atoms with E-state index >= 15 is 0 Å². The molecule has 2 aromatic rings. The van der Waals surface area contributed by atoms with Gasteiger partial charge in [-0.25, -0.2) is 4.98 Å². The van der Waals surface area contributed by atoms with E-state index in [2.05, 4.69) is 10.3 Å². The molecule has 0 spiro atoms. The van der Waals surface area contributed by atoms with Gasteiger partial charge in [0.1, 0.15) is 5.69 Å². The molecule has 3 N–H and O–H groups in total. The SMILES string of the molecule is CC(=O)c1csc(NC(=O)C2(c3ccc(N)cc3)CC2)n1. The molecule has 1 amide bonds. The highest BCUT2D eigenvalue weighted by atomic mass is 32.1. The Hall–Kier alpha value is -2.21. The molecule has 1 aliphatic carbocycles. The van der Waals surface area contributed by atoms with Gasteiger partial charge in [-0.05, 0) is 30.5 Å². The Balaban J connectivity index is 1.78. The van der Waals surface area contributed by atoms with Crippen LogP contribution in [0.4, 0.5) is 10.8 Å². The third-order valence-electron chi connectivity index (χ3n) is 3.73. The summed E-state index contributed by atoms with van der Waals surface area (Å²) in [5, 5.41) is 4.94. The average Bonchev–Trinajstić information content (AvgIpc) is 3.13. The van der Waals surface area contributed by atoms with Crippen molar-refractivity contribution in [3.63, 3.8) is 0 Å². The fraction of sp³-hybridized carbons (Fsp3) is 0.267. The number of anilines is 2.